The van der Waals surface area contributed by atoms with Gasteiger partial charge in [0.05, 0.1) is 4.83 Å². The van der Waals surface area contributed by atoms with Crippen LogP contribution in [0.25, 0.3) is 0 Å². The minimum atomic E-state index is -0.0368. The summed E-state index contributed by atoms with van der Waals surface area (Å²) in [5.41, 5.74) is 0. The highest BCUT2D eigenvalue weighted by molar-refractivity contribution is 9.10. The van der Waals surface area contributed by atoms with Gasteiger partial charge in [-0.3, -0.25) is 4.79 Å². The molecule has 1 amide bonds. The molecule has 1 saturated carbocycles. The zero-order chi connectivity index (χ0) is 9.30. The summed E-state index contributed by atoms with van der Waals surface area (Å²) in [6.45, 7) is 6.23. The molecule has 0 aromatic rings. The molecule has 3 unspecified atom stereocenters. The van der Waals surface area contributed by atoms with Crippen molar-refractivity contribution in [2.24, 2.45) is 11.8 Å². The molecule has 0 bridgehead atoms. The van der Waals surface area contributed by atoms with Crippen LogP contribution in [0.3, 0.4) is 0 Å². The molecule has 0 saturated heterocycles. The number of halogens is 1. The van der Waals surface area contributed by atoms with Crippen molar-refractivity contribution in [2.45, 2.75) is 38.1 Å². The van der Waals surface area contributed by atoms with Crippen molar-refractivity contribution in [3.05, 3.63) is 0 Å². The van der Waals surface area contributed by atoms with Crippen LogP contribution in [0.15, 0.2) is 0 Å². The summed E-state index contributed by atoms with van der Waals surface area (Å²) in [7, 11) is 0. The van der Waals surface area contributed by atoms with E-state index in [0.29, 0.717) is 17.9 Å². The third kappa shape index (κ3) is 2.47. The monoisotopic (exact) mass is 233 g/mol. The first kappa shape index (κ1) is 10.0. The second-order valence-electron chi connectivity index (χ2n) is 3.97. The maximum atomic E-state index is 11.4. The molecule has 3 atom stereocenters. The van der Waals surface area contributed by atoms with Crippen LogP contribution in [0, 0.1) is 11.8 Å². The summed E-state index contributed by atoms with van der Waals surface area (Å²) in [6, 6.07) is 0.441. The third-order valence-corrected chi connectivity index (χ3v) is 3.75. The average Bonchev–Trinajstić information content (AvgIpc) is 2.64. The SMILES string of the molecule is CC(C)C(Br)C(=O)NC1CC1C. The molecule has 0 aromatic carbocycles. The molecule has 1 fully saturated rings. The first-order valence-corrected chi connectivity index (χ1v) is 5.38. The second-order valence-corrected chi connectivity index (χ2v) is 4.96. The lowest BCUT2D eigenvalue weighted by molar-refractivity contribution is -0.121. The van der Waals surface area contributed by atoms with Crippen molar-refractivity contribution in [1.82, 2.24) is 5.32 Å². The molecule has 0 heterocycles. The summed E-state index contributed by atoms with van der Waals surface area (Å²) in [5, 5.41) is 3.00. The highest BCUT2D eigenvalue weighted by Crippen LogP contribution is 2.29. The molecule has 1 aliphatic carbocycles. The lowest BCUT2D eigenvalue weighted by Crippen LogP contribution is -2.35. The van der Waals surface area contributed by atoms with E-state index < -0.39 is 0 Å². The summed E-state index contributed by atoms with van der Waals surface area (Å²) < 4.78 is 0. The van der Waals surface area contributed by atoms with E-state index in [4.69, 9.17) is 0 Å². The minimum Gasteiger partial charge on any atom is -0.352 e. The van der Waals surface area contributed by atoms with E-state index in [2.05, 4.69) is 28.2 Å². The Hall–Kier alpha value is -0.0500. The Morgan fingerprint density at radius 3 is 2.42 bits per heavy atom. The van der Waals surface area contributed by atoms with Gasteiger partial charge in [0.1, 0.15) is 0 Å². The molecule has 70 valence electrons. The average molecular weight is 234 g/mol. The van der Waals surface area contributed by atoms with E-state index in [9.17, 15) is 4.79 Å². The molecule has 0 spiro atoms. The number of amides is 1. The highest BCUT2D eigenvalue weighted by atomic mass is 79.9. The van der Waals surface area contributed by atoms with Crippen LogP contribution < -0.4 is 5.32 Å². The number of carbonyl (C=O) groups excluding carboxylic acids is 1. The molecule has 2 nitrogen and oxygen atoms in total. The van der Waals surface area contributed by atoms with Gasteiger partial charge in [0, 0.05) is 6.04 Å². The first-order chi connectivity index (χ1) is 5.52. The Kier molecular flexibility index (Phi) is 3.16. The van der Waals surface area contributed by atoms with Gasteiger partial charge in [-0.1, -0.05) is 36.7 Å². The van der Waals surface area contributed by atoms with Crippen LogP contribution >= 0.6 is 15.9 Å². The van der Waals surface area contributed by atoms with Gasteiger partial charge < -0.3 is 5.32 Å². The van der Waals surface area contributed by atoms with Gasteiger partial charge in [-0.2, -0.15) is 0 Å². The number of alkyl halides is 1. The predicted octanol–water partition coefficient (Wildman–Crippen LogP) is 1.93. The zero-order valence-electron chi connectivity index (χ0n) is 7.80. The Bertz CT molecular complexity index is 181. The Morgan fingerprint density at radius 2 is 2.08 bits per heavy atom. The Labute approximate surface area is 82.2 Å². The van der Waals surface area contributed by atoms with Gasteiger partial charge in [0.25, 0.3) is 0 Å². The van der Waals surface area contributed by atoms with Gasteiger partial charge in [-0.05, 0) is 18.3 Å². The zero-order valence-corrected chi connectivity index (χ0v) is 9.39. The van der Waals surface area contributed by atoms with E-state index >= 15 is 0 Å². The molecule has 3 heteroatoms. The minimum absolute atomic E-state index is 0.0368. The highest BCUT2D eigenvalue weighted by Gasteiger charge is 2.35. The van der Waals surface area contributed by atoms with E-state index in [-0.39, 0.29) is 10.7 Å². The Morgan fingerprint density at radius 1 is 1.58 bits per heavy atom. The van der Waals surface area contributed by atoms with Crippen molar-refractivity contribution in [3.63, 3.8) is 0 Å². The van der Waals surface area contributed by atoms with Crippen LogP contribution in [0.1, 0.15) is 27.2 Å². The van der Waals surface area contributed by atoms with Crippen molar-refractivity contribution >= 4 is 21.8 Å². The molecule has 0 radical (unpaired) electrons. The van der Waals surface area contributed by atoms with Gasteiger partial charge in [0.2, 0.25) is 5.91 Å². The van der Waals surface area contributed by atoms with Crippen LogP contribution in [0.5, 0.6) is 0 Å². The summed E-state index contributed by atoms with van der Waals surface area (Å²) in [4.78, 5) is 11.4. The van der Waals surface area contributed by atoms with E-state index in [1.165, 1.54) is 0 Å². The normalized spacial score (nSPS) is 30.1. The smallest absolute Gasteiger partial charge is 0.234 e. The van der Waals surface area contributed by atoms with Gasteiger partial charge in [0.15, 0.2) is 0 Å². The van der Waals surface area contributed by atoms with Crippen molar-refractivity contribution in [3.8, 4) is 0 Å². The summed E-state index contributed by atoms with van der Waals surface area (Å²) >= 11 is 3.37. The lowest BCUT2D eigenvalue weighted by Gasteiger charge is -2.13. The van der Waals surface area contributed by atoms with Gasteiger partial charge >= 0.3 is 0 Å². The van der Waals surface area contributed by atoms with E-state index in [0.717, 1.165) is 6.42 Å². The summed E-state index contributed by atoms with van der Waals surface area (Å²) in [6.07, 6.45) is 1.14. The van der Waals surface area contributed by atoms with Crippen LogP contribution in [0.4, 0.5) is 0 Å². The van der Waals surface area contributed by atoms with E-state index in [1.54, 1.807) is 0 Å². The largest absolute Gasteiger partial charge is 0.352 e. The second kappa shape index (κ2) is 3.77. The molecule has 0 aromatic heterocycles. The number of hydrogen-bond donors (Lipinski definition) is 1. The fourth-order valence-electron chi connectivity index (χ4n) is 1.09. The fraction of sp³-hybridized carbons (Fsp3) is 0.889. The van der Waals surface area contributed by atoms with Gasteiger partial charge in [-0.25, -0.2) is 0 Å². The van der Waals surface area contributed by atoms with Gasteiger partial charge in [-0.15, -0.1) is 0 Å². The van der Waals surface area contributed by atoms with Crippen molar-refractivity contribution in [2.75, 3.05) is 0 Å². The molecular weight excluding hydrogens is 218 g/mol. The fourth-order valence-corrected chi connectivity index (χ4v) is 1.22. The standard InChI is InChI=1S/C9H16BrNO/c1-5(2)8(10)9(12)11-7-4-6(7)3/h5-8H,4H2,1-3H3,(H,11,12). The van der Waals surface area contributed by atoms with Crippen LogP contribution in [0.2, 0.25) is 0 Å². The van der Waals surface area contributed by atoms with Crippen LogP contribution in [-0.2, 0) is 4.79 Å². The molecular formula is C9H16BrNO. The van der Waals surface area contributed by atoms with Crippen molar-refractivity contribution in [1.29, 1.82) is 0 Å². The first-order valence-electron chi connectivity index (χ1n) is 4.46. The quantitative estimate of drug-likeness (QED) is 0.743. The number of rotatable bonds is 3. The molecule has 1 aliphatic rings. The Balaban J connectivity index is 2.28. The molecule has 12 heavy (non-hydrogen) atoms. The predicted molar refractivity (Wildman–Crippen MR) is 53.3 cm³/mol. The summed E-state index contributed by atoms with van der Waals surface area (Å²) in [5.74, 6) is 1.18. The maximum Gasteiger partial charge on any atom is 0.234 e. The molecule has 0 aliphatic heterocycles. The van der Waals surface area contributed by atoms with Crippen molar-refractivity contribution < 1.29 is 4.79 Å². The lowest BCUT2D eigenvalue weighted by atomic mass is 10.1. The number of carbonyl (C=O) groups is 1. The van der Waals surface area contributed by atoms with Crippen LogP contribution in [-0.4, -0.2) is 16.8 Å². The topological polar surface area (TPSA) is 29.1 Å². The molecule has 1 N–H and O–H groups in total. The number of nitrogens with one attached hydrogen (secondary N) is 1. The molecule has 1 rings (SSSR count). The maximum absolute atomic E-state index is 11.4. The third-order valence-electron chi connectivity index (χ3n) is 2.27. The number of hydrogen-bond acceptors (Lipinski definition) is 1. The van der Waals surface area contributed by atoms with E-state index in [1.807, 2.05) is 13.8 Å².